The molecule has 2 saturated carbocycles. The molecule has 29 heavy (non-hydrogen) atoms. The Hall–Kier alpha value is -1.85. The van der Waals surface area contributed by atoms with E-state index in [2.05, 4.69) is 29.2 Å². The van der Waals surface area contributed by atoms with Gasteiger partial charge in [0.2, 0.25) is 5.91 Å². The average Bonchev–Trinajstić information content (AvgIpc) is 3.45. The van der Waals surface area contributed by atoms with Gasteiger partial charge in [0.25, 0.3) is 5.91 Å². The summed E-state index contributed by atoms with van der Waals surface area (Å²) >= 11 is 0. The van der Waals surface area contributed by atoms with E-state index in [-0.39, 0.29) is 23.9 Å². The normalized spacial score (nSPS) is 30.2. The van der Waals surface area contributed by atoms with Crippen molar-refractivity contribution in [3.63, 3.8) is 0 Å². The molecule has 6 heteroatoms. The van der Waals surface area contributed by atoms with Crippen LogP contribution in [-0.4, -0.2) is 40.5 Å². The van der Waals surface area contributed by atoms with E-state index in [4.69, 9.17) is 4.52 Å². The van der Waals surface area contributed by atoms with Crippen molar-refractivity contribution in [2.45, 2.75) is 96.1 Å². The highest BCUT2D eigenvalue weighted by atomic mass is 16.5. The molecular weight excluding hydrogens is 366 g/mol. The topological polar surface area (TPSA) is 75.4 Å². The molecule has 2 amide bonds. The van der Waals surface area contributed by atoms with Gasteiger partial charge in [-0.15, -0.1) is 0 Å². The fraction of sp³-hybridized carbons (Fsp3) is 0.783. The molecule has 1 saturated heterocycles. The molecule has 0 aromatic carbocycles. The van der Waals surface area contributed by atoms with Gasteiger partial charge in [-0.3, -0.25) is 9.59 Å². The second kappa shape index (κ2) is 8.88. The van der Waals surface area contributed by atoms with Crippen LogP contribution in [0.3, 0.4) is 0 Å². The summed E-state index contributed by atoms with van der Waals surface area (Å²) in [6.07, 6.45) is 10.3. The van der Waals surface area contributed by atoms with Crippen molar-refractivity contribution in [1.82, 2.24) is 15.4 Å². The molecule has 160 valence electrons. The number of piperidine rings is 1. The van der Waals surface area contributed by atoms with Gasteiger partial charge in [-0.25, -0.2) is 0 Å². The SMILES string of the molecule is CCCC1CC(NC(=O)c2cc(C3CC3)on2)CCN1C(=O)C1CCC(C)CC1. The van der Waals surface area contributed by atoms with E-state index >= 15 is 0 Å². The molecule has 0 radical (unpaired) electrons. The van der Waals surface area contributed by atoms with Crippen molar-refractivity contribution in [3.8, 4) is 0 Å². The van der Waals surface area contributed by atoms with Gasteiger partial charge in [0.05, 0.1) is 0 Å². The highest BCUT2D eigenvalue weighted by Gasteiger charge is 2.36. The number of hydrogen-bond donors (Lipinski definition) is 1. The molecule has 2 unspecified atom stereocenters. The lowest BCUT2D eigenvalue weighted by atomic mass is 9.81. The molecule has 1 aromatic heterocycles. The molecule has 2 heterocycles. The zero-order valence-corrected chi connectivity index (χ0v) is 17.9. The Morgan fingerprint density at radius 1 is 1.17 bits per heavy atom. The molecule has 2 aliphatic carbocycles. The first-order chi connectivity index (χ1) is 14.0. The lowest BCUT2D eigenvalue weighted by Crippen LogP contribution is -2.53. The Kier molecular flexibility index (Phi) is 6.26. The molecule has 0 bridgehead atoms. The van der Waals surface area contributed by atoms with Crippen LogP contribution in [0, 0.1) is 11.8 Å². The highest BCUT2D eigenvalue weighted by Crippen LogP contribution is 2.40. The molecule has 1 N–H and O–H groups in total. The van der Waals surface area contributed by atoms with E-state index in [0.717, 1.165) is 69.6 Å². The van der Waals surface area contributed by atoms with Crippen molar-refractivity contribution >= 4 is 11.8 Å². The quantitative estimate of drug-likeness (QED) is 0.772. The van der Waals surface area contributed by atoms with Crippen LogP contribution >= 0.6 is 0 Å². The van der Waals surface area contributed by atoms with Crippen LogP contribution in [0.5, 0.6) is 0 Å². The minimum Gasteiger partial charge on any atom is -0.360 e. The third-order valence-corrected chi connectivity index (χ3v) is 7.06. The zero-order valence-electron chi connectivity index (χ0n) is 17.9. The number of aromatic nitrogens is 1. The van der Waals surface area contributed by atoms with E-state index in [9.17, 15) is 9.59 Å². The first-order valence-corrected chi connectivity index (χ1v) is 11.6. The smallest absolute Gasteiger partial charge is 0.273 e. The van der Waals surface area contributed by atoms with Crippen LogP contribution in [0.4, 0.5) is 0 Å². The van der Waals surface area contributed by atoms with Crippen molar-refractivity contribution in [3.05, 3.63) is 17.5 Å². The molecule has 4 rings (SSSR count). The lowest BCUT2D eigenvalue weighted by Gasteiger charge is -2.42. The van der Waals surface area contributed by atoms with Gasteiger partial charge in [-0.05, 0) is 63.7 Å². The first-order valence-electron chi connectivity index (χ1n) is 11.6. The largest absolute Gasteiger partial charge is 0.360 e. The lowest BCUT2D eigenvalue weighted by molar-refractivity contribution is -0.141. The number of carbonyl (C=O) groups is 2. The predicted octanol–water partition coefficient (Wildman–Crippen LogP) is 4.27. The number of nitrogens with zero attached hydrogens (tertiary/aromatic N) is 2. The molecule has 6 nitrogen and oxygen atoms in total. The van der Waals surface area contributed by atoms with Crippen LogP contribution in [0.2, 0.25) is 0 Å². The Morgan fingerprint density at radius 3 is 2.62 bits per heavy atom. The van der Waals surface area contributed by atoms with Gasteiger partial charge >= 0.3 is 0 Å². The number of rotatable bonds is 6. The Bertz CT molecular complexity index is 719. The first kappa shape index (κ1) is 20.4. The molecule has 3 fully saturated rings. The Balaban J connectivity index is 1.34. The van der Waals surface area contributed by atoms with Gasteiger partial charge in [0, 0.05) is 36.5 Å². The van der Waals surface area contributed by atoms with Crippen molar-refractivity contribution in [2.75, 3.05) is 6.54 Å². The maximum Gasteiger partial charge on any atom is 0.273 e. The van der Waals surface area contributed by atoms with Crippen LogP contribution in [0.15, 0.2) is 10.6 Å². The van der Waals surface area contributed by atoms with Crippen LogP contribution in [-0.2, 0) is 4.79 Å². The molecule has 3 aliphatic rings. The number of likely N-dealkylation sites (tertiary alicyclic amines) is 1. The van der Waals surface area contributed by atoms with Crippen LogP contribution in [0.25, 0.3) is 0 Å². The van der Waals surface area contributed by atoms with E-state index in [0.29, 0.717) is 17.5 Å². The van der Waals surface area contributed by atoms with Crippen molar-refractivity contribution in [1.29, 1.82) is 0 Å². The summed E-state index contributed by atoms with van der Waals surface area (Å²) in [6, 6.07) is 2.11. The van der Waals surface area contributed by atoms with E-state index in [1.807, 2.05) is 0 Å². The van der Waals surface area contributed by atoms with Gasteiger partial charge < -0.3 is 14.7 Å². The van der Waals surface area contributed by atoms with Gasteiger partial charge in [-0.2, -0.15) is 0 Å². The van der Waals surface area contributed by atoms with Crippen molar-refractivity contribution < 1.29 is 14.1 Å². The third kappa shape index (κ3) is 4.84. The van der Waals surface area contributed by atoms with Crippen LogP contribution in [0.1, 0.15) is 100 Å². The standard InChI is InChI=1S/C23H35N3O3/c1-3-4-19-13-18(24-22(27)20-14-21(29-25-20)16-9-10-16)11-12-26(19)23(28)17-7-5-15(2)6-8-17/h14-19H,3-13H2,1-2H3,(H,24,27). The second-order valence-corrected chi connectivity index (χ2v) is 9.51. The highest BCUT2D eigenvalue weighted by molar-refractivity contribution is 5.92. The fourth-order valence-corrected chi connectivity index (χ4v) is 5.04. The number of carbonyl (C=O) groups excluding carboxylic acids is 2. The average molecular weight is 402 g/mol. The minimum absolute atomic E-state index is 0.0931. The molecule has 1 aliphatic heterocycles. The molecule has 2 atom stereocenters. The molecular formula is C23H35N3O3. The molecule has 0 spiro atoms. The minimum atomic E-state index is -0.151. The maximum absolute atomic E-state index is 13.2. The van der Waals surface area contributed by atoms with Crippen LogP contribution < -0.4 is 5.32 Å². The van der Waals surface area contributed by atoms with E-state index in [1.54, 1.807) is 6.07 Å². The fourth-order valence-electron chi connectivity index (χ4n) is 5.04. The summed E-state index contributed by atoms with van der Waals surface area (Å²) in [6.45, 7) is 5.20. The zero-order chi connectivity index (χ0) is 20.4. The Labute approximate surface area is 173 Å². The number of nitrogens with one attached hydrogen (secondary N) is 1. The van der Waals surface area contributed by atoms with Gasteiger partial charge in [0.1, 0.15) is 5.76 Å². The summed E-state index contributed by atoms with van der Waals surface area (Å²) in [5.41, 5.74) is 0.383. The number of hydrogen-bond acceptors (Lipinski definition) is 4. The Morgan fingerprint density at radius 2 is 1.93 bits per heavy atom. The van der Waals surface area contributed by atoms with Gasteiger partial charge in [-0.1, -0.05) is 25.4 Å². The summed E-state index contributed by atoms with van der Waals surface area (Å²) in [4.78, 5) is 27.9. The maximum atomic E-state index is 13.2. The number of amides is 2. The predicted molar refractivity (Wildman–Crippen MR) is 110 cm³/mol. The summed E-state index contributed by atoms with van der Waals surface area (Å²) in [5.74, 6) is 2.44. The molecule has 1 aromatic rings. The summed E-state index contributed by atoms with van der Waals surface area (Å²) in [7, 11) is 0. The van der Waals surface area contributed by atoms with E-state index < -0.39 is 0 Å². The monoisotopic (exact) mass is 401 g/mol. The second-order valence-electron chi connectivity index (χ2n) is 9.51. The van der Waals surface area contributed by atoms with Crippen molar-refractivity contribution in [2.24, 2.45) is 11.8 Å². The summed E-state index contributed by atoms with van der Waals surface area (Å²) in [5, 5.41) is 7.10. The summed E-state index contributed by atoms with van der Waals surface area (Å²) < 4.78 is 5.32. The third-order valence-electron chi connectivity index (χ3n) is 7.06. The van der Waals surface area contributed by atoms with E-state index in [1.165, 1.54) is 12.8 Å². The van der Waals surface area contributed by atoms with Gasteiger partial charge in [0.15, 0.2) is 5.69 Å².